The Morgan fingerprint density at radius 3 is 2.93 bits per heavy atom. The van der Waals surface area contributed by atoms with Crippen LogP contribution in [0.25, 0.3) is 0 Å². The molecule has 0 radical (unpaired) electrons. The Morgan fingerprint density at radius 1 is 1.50 bits per heavy atom. The molecule has 0 aromatic carbocycles. The van der Waals surface area contributed by atoms with Crippen molar-refractivity contribution in [3.05, 3.63) is 18.7 Å². The highest BCUT2D eigenvalue weighted by Gasteiger charge is 2.21. The molecular weight excluding hydrogens is 180 g/mol. The van der Waals surface area contributed by atoms with Gasteiger partial charge in [0.05, 0.1) is 12.9 Å². The van der Waals surface area contributed by atoms with Crippen LogP contribution in [-0.4, -0.2) is 28.5 Å². The normalized spacial score (nSPS) is 18.3. The second kappa shape index (κ2) is 4.37. The highest BCUT2D eigenvalue weighted by molar-refractivity contribution is 5.80. The van der Waals surface area contributed by atoms with Gasteiger partial charge in [0.25, 0.3) is 0 Å². The lowest BCUT2D eigenvalue weighted by molar-refractivity contribution is -0.126. The van der Waals surface area contributed by atoms with E-state index in [0.717, 1.165) is 26.1 Å². The van der Waals surface area contributed by atoms with Crippen molar-refractivity contribution in [2.75, 3.05) is 13.2 Å². The number of ketones is 1. The standard InChI is InChI=1S/C10H14N2O2/c13-10(7-12-4-3-11-8-12)9-1-5-14-6-2-9/h3-4,8-9H,1-2,5-7H2. The van der Waals surface area contributed by atoms with E-state index in [4.69, 9.17) is 4.74 Å². The lowest BCUT2D eigenvalue weighted by atomic mass is 9.95. The highest BCUT2D eigenvalue weighted by atomic mass is 16.5. The number of hydrogen-bond acceptors (Lipinski definition) is 3. The first-order valence-corrected chi connectivity index (χ1v) is 4.92. The maximum Gasteiger partial charge on any atom is 0.155 e. The Kier molecular flexibility index (Phi) is 2.93. The first kappa shape index (κ1) is 9.40. The van der Waals surface area contributed by atoms with Crippen LogP contribution in [0.1, 0.15) is 12.8 Å². The Balaban J connectivity index is 1.88. The summed E-state index contributed by atoms with van der Waals surface area (Å²) >= 11 is 0. The summed E-state index contributed by atoms with van der Waals surface area (Å²) in [5.74, 6) is 0.484. The first-order valence-electron chi connectivity index (χ1n) is 4.92. The second-order valence-electron chi connectivity index (χ2n) is 3.59. The number of hydrogen-bond donors (Lipinski definition) is 0. The van der Waals surface area contributed by atoms with E-state index in [1.54, 1.807) is 12.5 Å². The van der Waals surface area contributed by atoms with Gasteiger partial charge in [0, 0.05) is 31.5 Å². The van der Waals surface area contributed by atoms with Crippen LogP contribution >= 0.6 is 0 Å². The Labute approximate surface area is 82.9 Å². The third-order valence-corrected chi connectivity index (χ3v) is 2.57. The molecule has 1 saturated heterocycles. The molecule has 4 heteroatoms. The zero-order valence-corrected chi connectivity index (χ0v) is 8.06. The van der Waals surface area contributed by atoms with E-state index in [-0.39, 0.29) is 5.92 Å². The fourth-order valence-corrected chi connectivity index (χ4v) is 1.71. The fourth-order valence-electron chi connectivity index (χ4n) is 1.71. The molecule has 1 aromatic heterocycles. The summed E-state index contributed by atoms with van der Waals surface area (Å²) in [6, 6.07) is 0. The van der Waals surface area contributed by atoms with Gasteiger partial charge in [-0.25, -0.2) is 4.98 Å². The minimum absolute atomic E-state index is 0.186. The molecule has 1 aliphatic heterocycles. The molecule has 2 rings (SSSR count). The molecule has 4 nitrogen and oxygen atoms in total. The number of nitrogens with zero attached hydrogens (tertiary/aromatic N) is 2. The quantitative estimate of drug-likeness (QED) is 0.717. The van der Waals surface area contributed by atoms with Crippen molar-refractivity contribution >= 4 is 5.78 Å². The fraction of sp³-hybridized carbons (Fsp3) is 0.600. The van der Waals surface area contributed by atoms with Crippen molar-refractivity contribution in [2.45, 2.75) is 19.4 Å². The van der Waals surface area contributed by atoms with Crippen LogP contribution in [0.2, 0.25) is 0 Å². The molecule has 1 aliphatic rings. The van der Waals surface area contributed by atoms with E-state index in [0.29, 0.717) is 12.3 Å². The van der Waals surface area contributed by atoms with Gasteiger partial charge in [0.2, 0.25) is 0 Å². The number of Topliss-reactive ketones (excluding diaryl/α,β-unsaturated/α-hetero) is 1. The van der Waals surface area contributed by atoms with Crippen LogP contribution in [0, 0.1) is 5.92 Å². The molecular formula is C10H14N2O2. The van der Waals surface area contributed by atoms with Gasteiger partial charge >= 0.3 is 0 Å². The average molecular weight is 194 g/mol. The second-order valence-corrected chi connectivity index (χ2v) is 3.59. The summed E-state index contributed by atoms with van der Waals surface area (Å²) in [5.41, 5.74) is 0. The van der Waals surface area contributed by atoms with E-state index < -0.39 is 0 Å². The monoisotopic (exact) mass is 194 g/mol. The average Bonchev–Trinajstić information content (AvgIpc) is 2.72. The predicted molar refractivity (Wildman–Crippen MR) is 50.8 cm³/mol. The van der Waals surface area contributed by atoms with Gasteiger partial charge in [0.1, 0.15) is 0 Å². The van der Waals surface area contributed by atoms with E-state index in [9.17, 15) is 4.79 Å². The first-order chi connectivity index (χ1) is 6.86. The number of imidazole rings is 1. The van der Waals surface area contributed by atoms with Crippen LogP contribution in [0.3, 0.4) is 0 Å². The molecule has 1 fully saturated rings. The molecule has 76 valence electrons. The van der Waals surface area contributed by atoms with Gasteiger partial charge in [-0.1, -0.05) is 0 Å². The molecule has 14 heavy (non-hydrogen) atoms. The molecule has 0 bridgehead atoms. The zero-order valence-electron chi connectivity index (χ0n) is 8.06. The smallest absolute Gasteiger partial charge is 0.155 e. The number of carbonyl (C=O) groups excluding carboxylic acids is 1. The number of aromatic nitrogens is 2. The molecule has 0 aliphatic carbocycles. The summed E-state index contributed by atoms with van der Waals surface area (Å²) in [5, 5.41) is 0. The van der Waals surface area contributed by atoms with Gasteiger partial charge in [-0.05, 0) is 12.8 Å². The Bertz CT molecular complexity index is 289. The molecule has 0 N–H and O–H groups in total. The van der Waals surface area contributed by atoms with Crippen LogP contribution in [-0.2, 0) is 16.1 Å². The minimum atomic E-state index is 0.186. The van der Waals surface area contributed by atoms with Crippen LogP contribution < -0.4 is 0 Å². The summed E-state index contributed by atoms with van der Waals surface area (Å²) in [6.45, 7) is 1.89. The number of rotatable bonds is 3. The van der Waals surface area contributed by atoms with Crippen LogP contribution in [0.4, 0.5) is 0 Å². The summed E-state index contributed by atoms with van der Waals surface area (Å²) < 4.78 is 7.03. The molecule has 0 atom stereocenters. The van der Waals surface area contributed by atoms with Crippen molar-refractivity contribution in [3.8, 4) is 0 Å². The third kappa shape index (κ3) is 2.20. The van der Waals surface area contributed by atoms with Gasteiger partial charge in [-0.3, -0.25) is 4.79 Å². The Morgan fingerprint density at radius 2 is 2.29 bits per heavy atom. The zero-order chi connectivity index (χ0) is 9.80. The number of carbonyl (C=O) groups is 1. The van der Waals surface area contributed by atoms with Crippen molar-refractivity contribution in [1.29, 1.82) is 0 Å². The molecule has 1 aromatic rings. The molecule has 0 unspecified atom stereocenters. The summed E-state index contributed by atoms with van der Waals surface area (Å²) in [4.78, 5) is 15.7. The topological polar surface area (TPSA) is 44.1 Å². The highest BCUT2D eigenvalue weighted by Crippen LogP contribution is 2.16. The van der Waals surface area contributed by atoms with Gasteiger partial charge in [-0.2, -0.15) is 0 Å². The van der Waals surface area contributed by atoms with Gasteiger partial charge < -0.3 is 9.30 Å². The van der Waals surface area contributed by atoms with Gasteiger partial charge in [-0.15, -0.1) is 0 Å². The van der Waals surface area contributed by atoms with Crippen LogP contribution in [0.5, 0.6) is 0 Å². The summed E-state index contributed by atoms with van der Waals surface area (Å²) in [7, 11) is 0. The van der Waals surface area contributed by atoms with Crippen molar-refractivity contribution in [2.24, 2.45) is 5.92 Å². The van der Waals surface area contributed by atoms with E-state index in [1.165, 1.54) is 0 Å². The van der Waals surface area contributed by atoms with Crippen LogP contribution in [0.15, 0.2) is 18.7 Å². The third-order valence-electron chi connectivity index (χ3n) is 2.57. The Hall–Kier alpha value is -1.16. The SMILES string of the molecule is O=C(Cn1ccnc1)C1CCOCC1. The number of ether oxygens (including phenoxy) is 1. The van der Waals surface area contributed by atoms with Crippen molar-refractivity contribution < 1.29 is 9.53 Å². The molecule has 0 amide bonds. The molecule has 0 saturated carbocycles. The van der Waals surface area contributed by atoms with Crippen molar-refractivity contribution in [3.63, 3.8) is 0 Å². The molecule has 0 spiro atoms. The van der Waals surface area contributed by atoms with E-state index >= 15 is 0 Å². The van der Waals surface area contributed by atoms with Gasteiger partial charge in [0.15, 0.2) is 5.78 Å². The lowest BCUT2D eigenvalue weighted by Gasteiger charge is -2.20. The largest absolute Gasteiger partial charge is 0.381 e. The van der Waals surface area contributed by atoms with E-state index in [2.05, 4.69) is 4.98 Å². The van der Waals surface area contributed by atoms with Crippen molar-refractivity contribution in [1.82, 2.24) is 9.55 Å². The molecule has 2 heterocycles. The predicted octanol–water partition coefficient (Wildman–Crippen LogP) is 0.879. The minimum Gasteiger partial charge on any atom is -0.381 e. The summed E-state index contributed by atoms with van der Waals surface area (Å²) in [6.07, 6.45) is 6.92. The maximum atomic E-state index is 11.8. The lowest BCUT2D eigenvalue weighted by Crippen LogP contribution is -2.26. The maximum absolute atomic E-state index is 11.8. The van der Waals surface area contributed by atoms with E-state index in [1.807, 2.05) is 10.8 Å².